The Hall–Kier alpha value is -0.470. The minimum Gasteiger partial charge on any atom is -0.392 e. The average molecular weight is 366 g/mol. The molecule has 1 rings (SSSR count). The summed E-state index contributed by atoms with van der Waals surface area (Å²) in [5, 5.41) is 9.19. The number of sulfonamides is 1. The van der Waals surface area contributed by atoms with Crippen molar-refractivity contribution in [3.63, 3.8) is 0 Å². The molecular weight excluding hydrogens is 346 g/mol. The third kappa shape index (κ3) is 4.53. The van der Waals surface area contributed by atoms with E-state index in [1.807, 2.05) is 0 Å². The van der Waals surface area contributed by atoms with E-state index in [-0.39, 0.29) is 17.5 Å². The highest BCUT2D eigenvalue weighted by molar-refractivity contribution is 9.10. The maximum Gasteiger partial charge on any atom is 0.241 e. The van der Waals surface area contributed by atoms with E-state index in [0.717, 1.165) is 0 Å². The monoisotopic (exact) mass is 365 g/mol. The molecular formula is C13H20BrNO4S. The van der Waals surface area contributed by atoms with Crippen LogP contribution in [0, 0.1) is 6.92 Å². The Balaban J connectivity index is 3.06. The molecule has 0 bridgehead atoms. The van der Waals surface area contributed by atoms with Crippen LogP contribution in [-0.2, 0) is 21.4 Å². The van der Waals surface area contributed by atoms with Gasteiger partial charge in [-0.25, -0.2) is 13.1 Å². The van der Waals surface area contributed by atoms with Crippen LogP contribution in [-0.4, -0.2) is 33.3 Å². The van der Waals surface area contributed by atoms with E-state index >= 15 is 0 Å². The van der Waals surface area contributed by atoms with Gasteiger partial charge in [-0.15, -0.1) is 0 Å². The van der Waals surface area contributed by atoms with Crippen LogP contribution >= 0.6 is 15.9 Å². The predicted molar refractivity (Wildman–Crippen MR) is 81.1 cm³/mol. The Morgan fingerprint density at radius 1 is 1.45 bits per heavy atom. The van der Waals surface area contributed by atoms with Crippen molar-refractivity contribution in [2.24, 2.45) is 0 Å². The summed E-state index contributed by atoms with van der Waals surface area (Å²) in [5.74, 6) is 0. The van der Waals surface area contributed by atoms with Crippen molar-refractivity contribution in [3.8, 4) is 0 Å². The zero-order valence-electron chi connectivity index (χ0n) is 11.8. The van der Waals surface area contributed by atoms with Gasteiger partial charge >= 0.3 is 0 Å². The summed E-state index contributed by atoms with van der Waals surface area (Å²) in [4.78, 5) is 0.181. The van der Waals surface area contributed by atoms with Crippen LogP contribution in [0.4, 0.5) is 0 Å². The van der Waals surface area contributed by atoms with E-state index in [2.05, 4.69) is 20.7 Å². The smallest absolute Gasteiger partial charge is 0.241 e. The SMILES string of the molecule is COCCC(C)NS(=O)(=O)c1cc(CO)cc(Br)c1C. The van der Waals surface area contributed by atoms with Gasteiger partial charge < -0.3 is 9.84 Å². The third-order valence-electron chi connectivity index (χ3n) is 2.94. The quantitative estimate of drug-likeness (QED) is 0.774. The molecule has 1 atom stereocenters. The van der Waals surface area contributed by atoms with Crippen molar-refractivity contribution in [3.05, 3.63) is 27.7 Å². The fourth-order valence-corrected chi connectivity index (χ4v) is 3.99. The number of nitrogens with one attached hydrogen (secondary N) is 1. The minimum absolute atomic E-state index is 0.181. The predicted octanol–water partition coefficient (Wildman–Crippen LogP) is 1.95. The lowest BCUT2D eigenvalue weighted by molar-refractivity contribution is 0.188. The maximum absolute atomic E-state index is 12.4. The summed E-state index contributed by atoms with van der Waals surface area (Å²) < 4.78 is 33.0. The third-order valence-corrected chi connectivity index (χ3v) is 5.48. The van der Waals surface area contributed by atoms with Crippen LogP contribution in [0.5, 0.6) is 0 Å². The van der Waals surface area contributed by atoms with Crippen LogP contribution < -0.4 is 4.72 Å². The minimum atomic E-state index is -3.62. The second-order valence-electron chi connectivity index (χ2n) is 4.66. The molecule has 0 aliphatic rings. The summed E-state index contributed by atoms with van der Waals surface area (Å²) in [7, 11) is -2.05. The van der Waals surface area contributed by atoms with Crippen LogP contribution in [0.1, 0.15) is 24.5 Å². The molecule has 1 aromatic carbocycles. The first-order valence-electron chi connectivity index (χ1n) is 6.23. The number of aliphatic hydroxyl groups excluding tert-OH is 1. The lowest BCUT2D eigenvalue weighted by atomic mass is 10.2. The topological polar surface area (TPSA) is 75.6 Å². The fraction of sp³-hybridized carbons (Fsp3) is 0.538. The number of hydrogen-bond acceptors (Lipinski definition) is 4. The summed E-state index contributed by atoms with van der Waals surface area (Å²) in [6.07, 6.45) is 0.593. The molecule has 0 radical (unpaired) electrons. The Morgan fingerprint density at radius 2 is 2.10 bits per heavy atom. The van der Waals surface area contributed by atoms with E-state index in [1.54, 1.807) is 27.0 Å². The van der Waals surface area contributed by atoms with Gasteiger partial charge in [-0.1, -0.05) is 15.9 Å². The Kier molecular flexibility index (Phi) is 6.60. The molecule has 1 aromatic rings. The molecule has 1 unspecified atom stereocenters. The Morgan fingerprint density at radius 3 is 2.65 bits per heavy atom. The lowest BCUT2D eigenvalue weighted by Gasteiger charge is -2.16. The summed E-state index contributed by atoms with van der Waals surface area (Å²) >= 11 is 3.32. The zero-order valence-corrected chi connectivity index (χ0v) is 14.2. The molecule has 5 nitrogen and oxygen atoms in total. The molecule has 0 aliphatic heterocycles. The highest BCUT2D eigenvalue weighted by Gasteiger charge is 2.21. The number of methoxy groups -OCH3 is 1. The highest BCUT2D eigenvalue weighted by atomic mass is 79.9. The number of benzene rings is 1. The van der Waals surface area contributed by atoms with E-state index in [4.69, 9.17) is 4.74 Å². The summed E-state index contributed by atoms with van der Waals surface area (Å²) in [6, 6.07) is 2.98. The molecule has 2 N–H and O–H groups in total. The number of hydrogen-bond donors (Lipinski definition) is 2. The molecule has 0 spiro atoms. The maximum atomic E-state index is 12.4. The number of rotatable bonds is 7. The second-order valence-corrected chi connectivity index (χ2v) is 7.20. The van der Waals surface area contributed by atoms with E-state index in [1.165, 1.54) is 6.07 Å². The van der Waals surface area contributed by atoms with Crippen molar-refractivity contribution < 1.29 is 18.3 Å². The molecule has 114 valence electrons. The van der Waals surface area contributed by atoms with Crippen LogP contribution in [0.15, 0.2) is 21.5 Å². The van der Waals surface area contributed by atoms with Gasteiger partial charge in [0.15, 0.2) is 0 Å². The van der Waals surface area contributed by atoms with Crippen molar-refractivity contribution >= 4 is 26.0 Å². The molecule has 7 heteroatoms. The van der Waals surface area contributed by atoms with Gasteiger partial charge in [-0.05, 0) is 43.5 Å². The Bertz CT molecular complexity index is 560. The van der Waals surface area contributed by atoms with Crippen LogP contribution in [0.2, 0.25) is 0 Å². The lowest BCUT2D eigenvalue weighted by Crippen LogP contribution is -2.33. The number of ether oxygens (including phenoxy) is 1. The molecule has 20 heavy (non-hydrogen) atoms. The molecule has 0 fully saturated rings. The summed E-state index contributed by atoms with van der Waals surface area (Å²) in [5.41, 5.74) is 1.17. The van der Waals surface area contributed by atoms with Gasteiger partial charge in [-0.3, -0.25) is 0 Å². The number of halogens is 1. The zero-order chi connectivity index (χ0) is 15.3. The molecule has 0 aromatic heterocycles. The van der Waals surface area contributed by atoms with E-state index in [9.17, 15) is 13.5 Å². The van der Waals surface area contributed by atoms with Crippen molar-refractivity contribution in [1.29, 1.82) is 0 Å². The van der Waals surface area contributed by atoms with Crippen molar-refractivity contribution in [2.45, 2.75) is 37.8 Å². The second kappa shape index (κ2) is 7.51. The molecule has 0 aliphatic carbocycles. The van der Waals surface area contributed by atoms with Crippen LogP contribution in [0.25, 0.3) is 0 Å². The Labute approximate surface area is 128 Å². The first kappa shape index (κ1) is 17.6. The normalized spacial score (nSPS) is 13.4. The van der Waals surface area contributed by atoms with Crippen molar-refractivity contribution in [1.82, 2.24) is 4.72 Å². The molecule has 0 saturated carbocycles. The molecule has 0 heterocycles. The van der Waals surface area contributed by atoms with E-state index < -0.39 is 10.0 Å². The van der Waals surface area contributed by atoms with Gasteiger partial charge in [0.25, 0.3) is 0 Å². The van der Waals surface area contributed by atoms with Crippen LogP contribution in [0.3, 0.4) is 0 Å². The fourth-order valence-electron chi connectivity index (χ4n) is 1.76. The highest BCUT2D eigenvalue weighted by Crippen LogP contribution is 2.26. The summed E-state index contributed by atoms with van der Waals surface area (Å²) in [6.45, 7) is 3.79. The van der Waals surface area contributed by atoms with Gasteiger partial charge in [0.05, 0.1) is 11.5 Å². The number of aliphatic hydroxyl groups is 1. The van der Waals surface area contributed by atoms with Gasteiger partial charge in [-0.2, -0.15) is 0 Å². The van der Waals surface area contributed by atoms with E-state index in [0.29, 0.717) is 28.6 Å². The van der Waals surface area contributed by atoms with Crippen molar-refractivity contribution in [2.75, 3.05) is 13.7 Å². The molecule has 0 saturated heterocycles. The first-order chi connectivity index (χ1) is 9.31. The largest absolute Gasteiger partial charge is 0.392 e. The standard InChI is InChI=1S/C13H20BrNO4S/c1-9(4-5-19-3)15-20(17,18)13-7-11(8-16)6-12(14)10(13)2/h6-7,9,15-16H,4-5,8H2,1-3H3. The van der Waals surface area contributed by atoms with Gasteiger partial charge in [0, 0.05) is 24.2 Å². The van der Waals surface area contributed by atoms with Gasteiger partial charge in [0.2, 0.25) is 10.0 Å². The first-order valence-corrected chi connectivity index (χ1v) is 8.50. The average Bonchev–Trinajstić information content (AvgIpc) is 2.38. The van der Waals surface area contributed by atoms with Gasteiger partial charge in [0.1, 0.15) is 0 Å². The molecule has 0 amide bonds.